The highest BCUT2D eigenvalue weighted by atomic mass is 16.5. The lowest BCUT2D eigenvalue weighted by molar-refractivity contribution is -0.140. The molecule has 1 heterocycles. The first-order valence-electron chi connectivity index (χ1n) is 8.23. The van der Waals surface area contributed by atoms with Crippen LogP contribution in [0.4, 0.5) is 5.69 Å². The van der Waals surface area contributed by atoms with Gasteiger partial charge in [-0.25, -0.2) is 0 Å². The Hall–Kier alpha value is -2.89. The summed E-state index contributed by atoms with van der Waals surface area (Å²) >= 11 is 0. The molecule has 1 aliphatic heterocycles. The highest BCUT2D eigenvalue weighted by Gasteiger charge is 2.35. The molecule has 0 saturated carbocycles. The molecule has 1 saturated heterocycles. The molecule has 1 unspecified atom stereocenters. The zero-order valence-corrected chi connectivity index (χ0v) is 14.0. The molecule has 3 rings (SSSR count). The molecule has 2 amide bonds. The van der Waals surface area contributed by atoms with Crippen molar-refractivity contribution < 1.29 is 19.1 Å². The Morgan fingerprint density at radius 2 is 1.96 bits per heavy atom. The summed E-state index contributed by atoms with van der Waals surface area (Å²) in [5, 5.41) is 4.75. The van der Waals surface area contributed by atoms with Gasteiger partial charge in [-0.2, -0.15) is 0 Å². The van der Waals surface area contributed by atoms with E-state index in [2.05, 4.69) is 10.1 Å². The number of amides is 2. The van der Waals surface area contributed by atoms with Crippen molar-refractivity contribution in [1.29, 1.82) is 0 Å². The predicted octanol–water partition coefficient (Wildman–Crippen LogP) is 1.87. The maximum absolute atomic E-state index is 12.4. The van der Waals surface area contributed by atoms with Gasteiger partial charge in [-0.15, -0.1) is 0 Å². The molecule has 0 radical (unpaired) electrons. The van der Waals surface area contributed by atoms with Crippen LogP contribution >= 0.6 is 0 Å². The van der Waals surface area contributed by atoms with Crippen LogP contribution < -0.4 is 10.2 Å². The first-order valence-corrected chi connectivity index (χ1v) is 8.23. The van der Waals surface area contributed by atoms with E-state index in [1.807, 2.05) is 42.5 Å². The number of rotatable bonds is 5. The molecule has 0 aromatic heterocycles. The molecule has 1 fully saturated rings. The van der Waals surface area contributed by atoms with E-state index in [0.29, 0.717) is 6.54 Å². The number of esters is 1. The van der Waals surface area contributed by atoms with E-state index < -0.39 is 5.92 Å². The van der Waals surface area contributed by atoms with Crippen LogP contribution in [0.1, 0.15) is 12.8 Å². The number of carbonyl (C=O) groups excluding carboxylic acids is 3. The number of ether oxygens (including phenoxy) is 1. The molecule has 2 aromatic rings. The van der Waals surface area contributed by atoms with E-state index in [0.717, 1.165) is 16.5 Å². The van der Waals surface area contributed by atoms with Crippen molar-refractivity contribution >= 4 is 34.2 Å². The smallest absolute Gasteiger partial charge is 0.307 e. The molecule has 1 atom stereocenters. The normalized spacial score (nSPS) is 16.9. The summed E-state index contributed by atoms with van der Waals surface area (Å²) in [4.78, 5) is 37.5. The largest absolute Gasteiger partial charge is 0.469 e. The highest BCUT2D eigenvalue weighted by molar-refractivity contribution is 6.06. The fourth-order valence-corrected chi connectivity index (χ4v) is 3.09. The summed E-state index contributed by atoms with van der Waals surface area (Å²) in [5.41, 5.74) is 0.827. The number of benzene rings is 2. The zero-order valence-electron chi connectivity index (χ0n) is 14.0. The van der Waals surface area contributed by atoms with Crippen LogP contribution in [0.2, 0.25) is 0 Å². The second-order valence-electron chi connectivity index (χ2n) is 6.02. The Morgan fingerprint density at radius 3 is 2.76 bits per heavy atom. The van der Waals surface area contributed by atoms with Crippen molar-refractivity contribution in [3.8, 4) is 0 Å². The van der Waals surface area contributed by atoms with Crippen LogP contribution in [-0.4, -0.2) is 38.0 Å². The summed E-state index contributed by atoms with van der Waals surface area (Å²) in [5.74, 6) is -1.06. The molecule has 0 bridgehead atoms. The van der Waals surface area contributed by atoms with Crippen LogP contribution in [0.3, 0.4) is 0 Å². The third-order valence-electron chi connectivity index (χ3n) is 4.41. The van der Waals surface area contributed by atoms with Gasteiger partial charge in [-0.05, 0) is 11.5 Å². The quantitative estimate of drug-likeness (QED) is 0.843. The maximum atomic E-state index is 12.4. The highest BCUT2D eigenvalue weighted by Crippen LogP contribution is 2.31. The van der Waals surface area contributed by atoms with E-state index in [1.165, 1.54) is 7.11 Å². The third-order valence-corrected chi connectivity index (χ3v) is 4.41. The van der Waals surface area contributed by atoms with Crippen molar-refractivity contribution in [2.24, 2.45) is 5.92 Å². The van der Waals surface area contributed by atoms with Crippen LogP contribution in [0.15, 0.2) is 42.5 Å². The van der Waals surface area contributed by atoms with Crippen molar-refractivity contribution in [2.75, 3.05) is 25.1 Å². The maximum Gasteiger partial charge on any atom is 0.307 e. The van der Waals surface area contributed by atoms with Gasteiger partial charge in [-0.1, -0.05) is 36.4 Å². The summed E-state index contributed by atoms with van der Waals surface area (Å²) in [6, 6.07) is 13.7. The van der Waals surface area contributed by atoms with Crippen molar-refractivity contribution in [1.82, 2.24) is 5.32 Å². The minimum atomic E-state index is -0.413. The summed E-state index contributed by atoms with van der Waals surface area (Å²) in [7, 11) is 1.31. The van der Waals surface area contributed by atoms with Gasteiger partial charge >= 0.3 is 5.97 Å². The van der Waals surface area contributed by atoms with Gasteiger partial charge in [0.2, 0.25) is 11.8 Å². The van der Waals surface area contributed by atoms with E-state index in [1.54, 1.807) is 4.90 Å². The third kappa shape index (κ3) is 3.63. The number of hydrogen-bond donors (Lipinski definition) is 1. The lowest BCUT2D eigenvalue weighted by Gasteiger charge is -2.19. The van der Waals surface area contributed by atoms with Gasteiger partial charge in [0.1, 0.15) is 0 Å². The lowest BCUT2D eigenvalue weighted by Crippen LogP contribution is -2.34. The monoisotopic (exact) mass is 340 g/mol. The second-order valence-corrected chi connectivity index (χ2v) is 6.02. The average Bonchev–Trinajstić information content (AvgIpc) is 3.02. The Morgan fingerprint density at radius 1 is 1.20 bits per heavy atom. The van der Waals surface area contributed by atoms with Gasteiger partial charge in [0.15, 0.2) is 0 Å². The van der Waals surface area contributed by atoms with Gasteiger partial charge in [0, 0.05) is 24.9 Å². The molecule has 2 aromatic carbocycles. The standard InChI is InChI=1S/C19H20N2O4/c1-25-18(23)9-10-20-19(24)14-11-17(22)21(12-14)16-8-4-6-13-5-2-3-7-15(13)16/h2-8,14H,9-12H2,1H3,(H,20,24). The van der Waals surface area contributed by atoms with Gasteiger partial charge in [0.25, 0.3) is 0 Å². The Balaban J connectivity index is 1.70. The first-order chi connectivity index (χ1) is 12.1. The Labute approximate surface area is 145 Å². The number of methoxy groups -OCH3 is 1. The fraction of sp³-hybridized carbons (Fsp3) is 0.316. The second kappa shape index (κ2) is 7.34. The van der Waals surface area contributed by atoms with Crippen LogP contribution in [-0.2, 0) is 19.1 Å². The number of nitrogens with zero attached hydrogens (tertiary/aromatic N) is 1. The number of hydrogen-bond acceptors (Lipinski definition) is 4. The van der Waals surface area contributed by atoms with Crippen molar-refractivity contribution in [3.05, 3.63) is 42.5 Å². The first kappa shape index (κ1) is 17.0. The SMILES string of the molecule is COC(=O)CCNC(=O)C1CC(=O)N(c2cccc3ccccc23)C1. The number of anilines is 1. The zero-order chi connectivity index (χ0) is 17.8. The van der Waals surface area contributed by atoms with Gasteiger partial charge in [-0.3, -0.25) is 14.4 Å². The fourth-order valence-electron chi connectivity index (χ4n) is 3.09. The lowest BCUT2D eigenvalue weighted by atomic mass is 10.1. The molecule has 6 nitrogen and oxygen atoms in total. The summed E-state index contributed by atoms with van der Waals surface area (Å²) in [6.07, 6.45) is 0.295. The summed E-state index contributed by atoms with van der Waals surface area (Å²) in [6.45, 7) is 0.557. The van der Waals surface area contributed by atoms with E-state index >= 15 is 0 Å². The molecule has 1 aliphatic rings. The molecule has 0 spiro atoms. The molecule has 25 heavy (non-hydrogen) atoms. The van der Waals surface area contributed by atoms with Crippen molar-refractivity contribution in [2.45, 2.75) is 12.8 Å². The minimum Gasteiger partial charge on any atom is -0.469 e. The molecule has 6 heteroatoms. The minimum absolute atomic E-state index is 0.0653. The van der Waals surface area contributed by atoms with Crippen molar-refractivity contribution in [3.63, 3.8) is 0 Å². The molecule has 1 N–H and O–H groups in total. The molecular weight excluding hydrogens is 320 g/mol. The van der Waals surface area contributed by atoms with Gasteiger partial charge in [0.05, 0.1) is 25.1 Å². The van der Waals surface area contributed by atoms with E-state index in [9.17, 15) is 14.4 Å². The predicted molar refractivity (Wildman–Crippen MR) is 94.1 cm³/mol. The van der Waals surface area contributed by atoms with Crippen LogP contribution in [0.25, 0.3) is 10.8 Å². The van der Waals surface area contributed by atoms with Crippen LogP contribution in [0, 0.1) is 5.92 Å². The topological polar surface area (TPSA) is 75.7 Å². The van der Waals surface area contributed by atoms with E-state index in [4.69, 9.17) is 0 Å². The van der Waals surface area contributed by atoms with Crippen LogP contribution in [0.5, 0.6) is 0 Å². The Kier molecular flexibility index (Phi) is 4.97. The summed E-state index contributed by atoms with van der Waals surface area (Å²) < 4.78 is 4.54. The van der Waals surface area contributed by atoms with Gasteiger partial charge < -0.3 is 15.0 Å². The molecule has 0 aliphatic carbocycles. The number of nitrogens with one attached hydrogen (secondary N) is 1. The number of carbonyl (C=O) groups is 3. The number of fused-ring (bicyclic) bond motifs is 1. The van der Waals surface area contributed by atoms with E-state index in [-0.39, 0.29) is 37.2 Å². The molecule has 130 valence electrons. The Bertz CT molecular complexity index is 813. The average molecular weight is 340 g/mol. The molecular formula is C19H20N2O4.